The van der Waals surface area contributed by atoms with Gasteiger partial charge in [-0.3, -0.25) is 9.59 Å². The van der Waals surface area contributed by atoms with Crippen LogP contribution in [0.3, 0.4) is 0 Å². The highest BCUT2D eigenvalue weighted by Gasteiger charge is 2.18. The number of ether oxygens (including phenoxy) is 2. The number of carbonyl (C=O) groups excluding carboxylic acids is 2. The van der Waals surface area contributed by atoms with Crippen molar-refractivity contribution in [1.82, 2.24) is 0 Å². The fourth-order valence-electron chi connectivity index (χ4n) is 2.87. The van der Waals surface area contributed by atoms with Crippen LogP contribution in [-0.2, 0) is 14.3 Å². The molecule has 1 unspecified atom stereocenters. The largest absolute Gasteiger partial charge is 0.497 e. The van der Waals surface area contributed by atoms with Gasteiger partial charge in [0.25, 0.3) is 5.91 Å². The smallest absolute Gasteiger partial charge is 0.313 e. The van der Waals surface area contributed by atoms with Gasteiger partial charge in [0.2, 0.25) is 0 Å². The second-order valence-corrected chi connectivity index (χ2v) is 6.72. The third kappa shape index (κ3) is 4.68. The van der Waals surface area contributed by atoms with Crippen LogP contribution in [0.15, 0.2) is 60.7 Å². The molecule has 0 aromatic heterocycles. The molecule has 3 rings (SSSR count). The van der Waals surface area contributed by atoms with Crippen LogP contribution in [-0.4, -0.2) is 25.6 Å². The normalized spacial score (nSPS) is 11.7. The van der Waals surface area contributed by atoms with Crippen molar-refractivity contribution >= 4 is 28.3 Å². The number of amides is 1. The Labute approximate surface area is 164 Å². The molecule has 0 saturated heterocycles. The van der Waals surface area contributed by atoms with Crippen LogP contribution >= 0.6 is 0 Å². The topological polar surface area (TPSA) is 64.6 Å². The first-order valence-electron chi connectivity index (χ1n) is 9.07. The summed E-state index contributed by atoms with van der Waals surface area (Å²) in [7, 11) is 1.63. The molecule has 28 heavy (non-hydrogen) atoms. The molecule has 0 radical (unpaired) electrons. The van der Waals surface area contributed by atoms with Crippen molar-refractivity contribution in [3.05, 3.63) is 71.8 Å². The van der Waals surface area contributed by atoms with Crippen molar-refractivity contribution in [3.8, 4) is 5.75 Å². The van der Waals surface area contributed by atoms with E-state index in [1.165, 1.54) is 0 Å². The van der Waals surface area contributed by atoms with Gasteiger partial charge in [0.1, 0.15) is 5.75 Å². The number of methoxy groups -OCH3 is 1. The number of aryl methyl sites for hydroxylation is 1. The van der Waals surface area contributed by atoms with Crippen LogP contribution in [0.2, 0.25) is 0 Å². The van der Waals surface area contributed by atoms with Crippen LogP contribution < -0.4 is 10.1 Å². The number of rotatable bonds is 6. The zero-order valence-corrected chi connectivity index (χ0v) is 16.2. The lowest BCUT2D eigenvalue weighted by Crippen LogP contribution is -2.23. The Balaban J connectivity index is 1.59. The molecule has 0 saturated carbocycles. The summed E-state index contributed by atoms with van der Waals surface area (Å²) in [5.74, 6) is -0.493. The van der Waals surface area contributed by atoms with Gasteiger partial charge >= 0.3 is 5.97 Å². The van der Waals surface area contributed by atoms with Gasteiger partial charge in [0.05, 0.1) is 13.0 Å². The lowest BCUT2D eigenvalue weighted by atomic mass is 9.98. The molecule has 1 atom stereocenters. The minimum atomic E-state index is -0.473. The summed E-state index contributed by atoms with van der Waals surface area (Å²) >= 11 is 0. The second kappa shape index (κ2) is 8.57. The van der Waals surface area contributed by atoms with Gasteiger partial charge in [-0.1, -0.05) is 42.0 Å². The summed E-state index contributed by atoms with van der Waals surface area (Å²) < 4.78 is 10.4. The van der Waals surface area contributed by atoms with Gasteiger partial charge in [-0.15, -0.1) is 0 Å². The number of anilines is 1. The van der Waals surface area contributed by atoms with E-state index in [2.05, 4.69) is 5.32 Å². The zero-order chi connectivity index (χ0) is 20.1. The van der Waals surface area contributed by atoms with Gasteiger partial charge in [0.15, 0.2) is 6.61 Å². The minimum absolute atomic E-state index is 0.318. The first-order chi connectivity index (χ1) is 13.5. The lowest BCUT2D eigenvalue weighted by Gasteiger charge is -2.13. The van der Waals surface area contributed by atoms with Crippen LogP contribution in [0.4, 0.5) is 5.69 Å². The minimum Gasteiger partial charge on any atom is -0.497 e. The summed E-state index contributed by atoms with van der Waals surface area (Å²) in [6.45, 7) is 3.42. The molecule has 5 heteroatoms. The number of benzene rings is 3. The fourth-order valence-corrected chi connectivity index (χ4v) is 2.87. The van der Waals surface area contributed by atoms with Crippen molar-refractivity contribution < 1.29 is 19.1 Å². The van der Waals surface area contributed by atoms with Crippen molar-refractivity contribution in [2.75, 3.05) is 19.0 Å². The predicted octanol–water partition coefficient (Wildman–Crippen LogP) is 4.44. The Morgan fingerprint density at radius 1 is 0.964 bits per heavy atom. The highest BCUT2D eigenvalue weighted by molar-refractivity contribution is 5.93. The second-order valence-electron chi connectivity index (χ2n) is 6.72. The number of esters is 1. The summed E-state index contributed by atoms with van der Waals surface area (Å²) in [5, 5.41) is 4.75. The van der Waals surface area contributed by atoms with E-state index in [9.17, 15) is 9.59 Å². The summed E-state index contributed by atoms with van der Waals surface area (Å²) in [6.07, 6.45) is 0. The van der Waals surface area contributed by atoms with Crippen LogP contribution in [0.25, 0.3) is 10.8 Å². The number of hydrogen-bond donors (Lipinski definition) is 1. The summed E-state index contributed by atoms with van der Waals surface area (Å²) in [5.41, 5.74) is 2.61. The summed E-state index contributed by atoms with van der Waals surface area (Å²) in [4.78, 5) is 24.4. The monoisotopic (exact) mass is 377 g/mol. The van der Waals surface area contributed by atoms with E-state index in [1.807, 2.05) is 67.6 Å². The Kier molecular flexibility index (Phi) is 5.94. The quantitative estimate of drug-likeness (QED) is 0.645. The van der Waals surface area contributed by atoms with Crippen LogP contribution in [0.5, 0.6) is 5.75 Å². The van der Waals surface area contributed by atoms with Gasteiger partial charge in [0, 0.05) is 5.69 Å². The number of hydrogen-bond acceptors (Lipinski definition) is 4. The number of nitrogens with one attached hydrogen (secondary N) is 1. The van der Waals surface area contributed by atoms with Gasteiger partial charge in [-0.25, -0.2) is 0 Å². The standard InChI is InChI=1S/C23H23NO4/c1-15-4-9-20(10-5-15)24-22(25)14-28-23(26)16(2)17-6-7-19-13-21(27-3)11-8-18(19)12-17/h4-13,16H,14H2,1-3H3,(H,24,25). The van der Waals surface area contributed by atoms with E-state index in [4.69, 9.17) is 9.47 Å². The maximum Gasteiger partial charge on any atom is 0.313 e. The third-order valence-electron chi connectivity index (χ3n) is 4.61. The Bertz CT molecular complexity index is 995. The zero-order valence-electron chi connectivity index (χ0n) is 16.2. The molecule has 0 aliphatic rings. The van der Waals surface area contributed by atoms with Crippen LogP contribution in [0.1, 0.15) is 24.0 Å². The molecular formula is C23H23NO4. The number of fused-ring (bicyclic) bond motifs is 1. The first kappa shape index (κ1) is 19.4. The van der Waals surface area contributed by atoms with Gasteiger partial charge < -0.3 is 14.8 Å². The van der Waals surface area contributed by atoms with E-state index in [1.54, 1.807) is 14.0 Å². The van der Waals surface area contributed by atoms with E-state index >= 15 is 0 Å². The molecule has 3 aromatic carbocycles. The van der Waals surface area contributed by atoms with Crippen molar-refractivity contribution in [2.24, 2.45) is 0 Å². The SMILES string of the molecule is COc1ccc2cc(C(C)C(=O)OCC(=O)Nc3ccc(C)cc3)ccc2c1. The Morgan fingerprint density at radius 2 is 1.64 bits per heavy atom. The molecule has 1 N–H and O–H groups in total. The molecule has 0 fully saturated rings. The molecule has 3 aromatic rings. The first-order valence-corrected chi connectivity index (χ1v) is 9.07. The Morgan fingerprint density at radius 3 is 2.36 bits per heavy atom. The predicted molar refractivity (Wildman–Crippen MR) is 110 cm³/mol. The molecule has 0 aliphatic heterocycles. The lowest BCUT2D eigenvalue weighted by molar-refractivity contribution is -0.148. The highest BCUT2D eigenvalue weighted by Crippen LogP contribution is 2.25. The van der Waals surface area contributed by atoms with Crippen molar-refractivity contribution in [1.29, 1.82) is 0 Å². The molecule has 0 aliphatic carbocycles. The molecule has 0 heterocycles. The fraction of sp³-hybridized carbons (Fsp3) is 0.217. The van der Waals surface area contributed by atoms with E-state index in [0.717, 1.165) is 27.6 Å². The van der Waals surface area contributed by atoms with Crippen molar-refractivity contribution in [2.45, 2.75) is 19.8 Å². The average Bonchev–Trinajstić information content (AvgIpc) is 2.72. The molecular weight excluding hydrogens is 354 g/mol. The van der Waals surface area contributed by atoms with E-state index in [0.29, 0.717) is 5.69 Å². The molecule has 144 valence electrons. The number of carbonyl (C=O) groups is 2. The molecule has 0 bridgehead atoms. The maximum absolute atomic E-state index is 12.4. The van der Waals surface area contributed by atoms with Gasteiger partial charge in [-0.2, -0.15) is 0 Å². The van der Waals surface area contributed by atoms with E-state index < -0.39 is 11.9 Å². The van der Waals surface area contributed by atoms with Crippen molar-refractivity contribution in [3.63, 3.8) is 0 Å². The Hall–Kier alpha value is -3.34. The molecule has 5 nitrogen and oxygen atoms in total. The van der Waals surface area contributed by atoms with E-state index in [-0.39, 0.29) is 12.5 Å². The van der Waals surface area contributed by atoms with Crippen LogP contribution in [0, 0.1) is 6.92 Å². The maximum atomic E-state index is 12.4. The third-order valence-corrected chi connectivity index (χ3v) is 4.61. The highest BCUT2D eigenvalue weighted by atomic mass is 16.5. The average molecular weight is 377 g/mol. The van der Waals surface area contributed by atoms with Gasteiger partial charge in [-0.05, 0) is 54.4 Å². The molecule has 1 amide bonds. The molecule has 0 spiro atoms. The summed E-state index contributed by atoms with van der Waals surface area (Å²) in [6, 6.07) is 19.0.